The van der Waals surface area contributed by atoms with Crippen molar-refractivity contribution >= 4 is 21.7 Å². The lowest BCUT2D eigenvalue weighted by atomic mass is 10.0. The van der Waals surface area contributed by atoms with Crippen LogP contribution in [0.2, 0.25) is 0 Å². The topological polar surface area (TPSA) is 37.3 Å². The fraction of sp³-hybridized carbons (Fsp3) is 0.133. The Labute approximate surface area is 119 Å². The molecule has 1 atom stereocenters. The van der Waals surface area contributed by atoms with E-state index in [0.29, 0.717) is 15.6 Å². The number of halogens is 2. The first-order valence-electron chi connectivity index (χ1n) is 5.77. The third-order valence-corrected chi connectivity index (χ3v) is 3.39. The lowest BCUT2D eigenvalue weighted by molar-refractivity contribution is -0.126. The number of Topliss-reactive ketones (excluding diaryl/α,β-unsaturated/α-hetero) is 1. The minimum atomic E-state index is -1.15. The second-order valence-corrected chi connectivity index (χ2v) is 5.06. The Hall–Kier alpha value is -1.52. The van der Waals surface area contributed by atoms with Gasteiger partial charge in [0, 0.05) is 6.42 Å². The zero-order chi connectivity index (χ0) is 13.8. The number of benzene rings is 2. The van der Waals surface area contributed by atoms with Crippen LogP contribution in [0.25, 0.3) is 0 Å². The van der Waals surface area contributed by atoms with Gasteiger partial charge < -0.3 is 5.11 Å². The summed E-state index contributed by atoms with van der Waals surface area (Å²) in [6, 6.07) is 13.1. The maximum Gasteiger partial charge on any atom is 0.170 e. The molecule has 0 bridgehead atoms. The first-order valence-corrected chi connectivity index (χ1v) is 6.57. The minimum absolute atomic E-state index is 0.0644. The highest BCUT2D eigenvalue weighted by molar-refractivity contribution is 9.10. The molecule has 0 heterocycles. The van der Waals surface area contributed by atoms with Crippen LogP contribution < -0.4 is 0 Å². The quantitative estimate of drug-likeness (QED) is 0.936. The van der Waals surface area contributed by atoms with E-state index in [1.165, 1.54) is 12.1 Å². The molecule has 2 aromatic rings. The van der Waals surface area contributed by atoms with Crippen molar-refractivity contribution < 1.29 is 14.3 Å². The zero-order valence-electron chi connectivity index (χ0n) is 10.0. The highest BCUT2D eigenvalue weighted by atomic mass is 79.9. The van der Waals surface area contributed by atoms with Gasteiger partial charge in [-0.15, -0.1) is 0 Å². The van der Waals surface area contributed by atoms with Gasteiger partial charge in [0.15, 0.2) is 5.78 Å². The van der Waals surface area contributed by atoms with E-state index in [9.17, 15) is 14.3 Å². The van der Waals surface area contributed by atoms with Crippen molar-refractivity contribution in [2.45, 2.75) is 12.5 Å². The van der Waals surface area contributed by atoms with E-state index in [-0.39, 0.29) is 18.0 Å². The van der Waals surface area contributed by atoms with Gasteiger partial charge in [0.1, 0.15) is 11.9 Å². The molecule has 0 radical (unpaired) electrons. The molecular formula is C15H12BrFO2. The summed E-state index contributed by atoms with van der Waals surface area (Å²) < 4.78 is 13.4. The number of aliphatic hydroxyl groups excluding tert-OH is 1. The van der Waals surface area contributed by atoms with Crippen LogP contribution in [0.15, 0.2) is 53.0 Å². The number of hydrogen-bond acceptors (Lipinski definition) is 2. The lowest BCUT2D eigenvalue weighted by Gasteiger charge is -2.10. The van der Waals surface area contributed by atoms with E-state index >= 15 is 0 Å². The van der Waals surface area contributed by atoms with Crippen molar-refractivity contribution in [1.29, 1.82) is 0 Å². The van der Waals surface area contributed by atoms with Gasteiger partial charge in [-0.25, -0.2) is 4.39 Å². The maximum absolute atomic E-state index is 13.1. The van der Waals surface area contributed by atoms with Crippen molar-refractivity contribution in [2.75, 3.05) is 0 Å². The van der Waals surface area contributed by atoms with Crippen LogP contribution in [0.5, 0.6) is 0 Å². The van der Waals surface area contributed by atoms with Gasteiger partial charge in [0.2, 0.25) is 0 Å². The molecule has 19 heavy (non-hydrogen) atoms. The second kappa shape index (κ2) is 6.08. The molecule has 2 aromatic carbocycles. The van der Waals surface area contributed by atoms with Crippen LogP contribution in [0, 0.1) is 5.82 Å². The van der Waals surface area contributed by atoms with Crippen molar-refractivity contribution in [3.63, 3.8) is 0 Å². The van der Waals surface area contributed by atoms with Gasteiger partial charge >= 0.3 is 0 Å². The third kappa shape index (κ3) is 3.49. The fourth-order valence-corrected chi connectivity index (χ4v) is 2.19. The summed E-state index contributed by atoms with van der Waals surface area (Å²) >= 11 is 3.07. The van der Waals surface area contributed by atoms with Gasteiger partial charge in [-0.3, -0.25) is 4.79 Å². The van der Waals surface area contributed by atoms with Crippen molar-refractivity contribution in [2.24, 2.45) is 0 Å². The van der Waals surface area contributed by atoms with E-state index in [1.54, 1.807) is 30.3 Å². The predicted octanol–water partition coefficient (Wildman–Crippen LogP) is 3.43. The van der Waals surface area contributed by atoms with Gasteiger partial charge in [-0.2, -0.15) is 0 Å². The number of ketones is 1. The first kappa shape index (κ1) is 13.9. The van der Waals surface area contributed by atoms with Crippen molar-refractivity contribution in [3.05, 3.63) is 69.9 Å². The van der Waals surface area contributed by atoms with Crippen molar-refractivity contribution in [1.82, 2.24) is 0 Å². The molecule has 0 aliphatic heterocycles. The van der Waals surface area contributed by atoms with E-state index < -0.39 is 6.10 Å². The van der Waals surface area contributed by atoms with Crippen LogP contribution in [0.3, 0.4) is 0 Å². The molecule has 1 unspecified atom stereocenters. The van der Waals surface area contributed by atoms with Gasteiger partial charge in [0.25, 0.3) is 0 Å². The summed E-state index contributed by atoms with van der Waals surface area (Å²) in [7, 11) is 0. The number of carbonyl (C=O) groups is 1. The standard InChI is InChI=1S/C15H12BrFO2/c16-12-8-10(6-7-13(12)17)9-14(18)15(19)11-4-2-1-3-5-11/h1-8,15,19H,9H2. The molecule has 0 saturated heterocycles. The lowest BCUT2D eigenvalue weighted by Crippen LogP contribution is -2.14. The number of aliphatic hydroxyl groups is 1. The van der Waals surface area contributed by atoms with E-state index in [1.807, 2.05) is 6.07 Å². The summed E-state index contributed by atoms with van der Waals surface area (Å²) in [5.74, 6) is -0.690. The Morgan fingerprint density at radius 3 is 2.53 bits per heavy atom. The number of hydrogen-bond donors (Lipinski definition) is 1. The molecule has 0 fully saturated rings. The second-order valence-electron chi connectivity index (χ2n) is 4.20. The Bertz CT molecular complexity index is 584. The summed E-state index contributed by atoms with van der Waals surface area (Å²) in [6.07, 6.45) is -1.08. The van der Waals surface area contributed by atoms with Crippen LogP contribution in [-0.4, -0.2) is 10.9 Å². The molecule has 0 amide bonds. The van der Waals surface area contributed by atoms with Crippen LogP contribution in [0.1, 0.15) is 17.2 Å². The molecule has 2 rings (SSSR count). The van der Waals surface area contributed by atoms with E-state index in [2.05, 4.69) is 15.9 Å². The highest BCUT2D eigenvalue weighted by Crippen LogP contribution is 2.20. The third-order valence-electron chi connectivity index (χ3n) is 2.78. The number of carbonyl (C=O) groups excluding carboxylic acids is 1. The van der Waals surface area contributed by atoms with Crippen molar-refractivity contribution in [3.8, 4) is 0 Å². The molecular weight excluding hydrogens is 311 g/mol. The molecule has 0 saturated carbocycles. The Morgan fingerprint density at radius 2 is 1.89 bits per heavy atom. The minimum Gasteiger partial charge on any atom is -0.381 e. The van der Waals surface area contributed by atoms with Crippen LogP contribution >= 0.6 is 15.9 Å². The average molecular weight is 323 g/mol. The average Bonchev–Trinajstić information content (AvgIpc) is 2.43. The number of rotatable bonds is 4. The molecule has 0 aliphatic carbocycles. The monoisotopic (exact) mass is 322 g/mol. The van der Waals surface area contributed by atoms with Crippen LogP contribution in [-0.2, 0) is 11.2 Å². The zero-order valence-corrected chi connectivity index (χ0v) is 11.6. The fourth-order valence-electron chi connectivity index (χ4n) is 1.77. The SMILES string of the molecule is O=C(Cc1ccc(F)c(Br)c1)C(O)c1ccccc1. The van der Waals surface area contributed by atoms with Gasteiger partial charge in [-0.05, 0) is 39.2 Å². The van der Waals surface area contributed by atoms with Gasteiger partial charge in [0.05, 0.1) is 4.47 Å². The van der Waals surface area contributed by atoms with Crippen LogP contribution in [0.4, 0.5) is 4.39 Å². The summed E-state index contributed by atoms with van der Waals surface area (Å²) in [6.45, 7) is 0. The largest absolute Gasteiger partial charge is 0.381 e. The molecule has 0 aliphatic rings. The predicted molar refractivity (Wildman–Crippen MR) is 74.2 cm³/mol. The molecule has 2 nitrogen and oxygen atoms in total. The summed E-state index contributed by atoms with van der Waals surface area (Å²) in [5.41, 5.74) is 1.22. The summed E-state index contributed by atoms with van der Waals surface area (Å²) in [5, 5.41) is 9.94. The molecule has 0 spiro atoms. The molecule has 1 N–H and O–H groups in total. The molecule has 0 aromatic heterocycles. The van der Waals surface area contributed by atoms with Gasteiger partial charge in [-0.1, -0.05) is 36.4 Å². The summed E-state index contributed by atoms with van der Waals surface area (Å²) in [4.78, 5) is 12.0. The Balaban J connectivity index is 2.10. The normalized spacial score (nSPS) is 12.2. The highest BCUT2D eigenvalue weighted by Gasteiger charge is 2.17. The van der Waals surface area contributed by atoms with E-state index in [0.717, 1.165) is 0 Å². The maximum atomic E-state index is 13.1. The van der Waals surface area contributed by atoms with E-state index in [4.69, 9.17) is 0 Å². The Kier molecular flexibility index (Phi) is 4.45. The molecule has 98 valence electrons. The Morgan fingerprint density at radius 1 is 1.21 bits per heavy atom. The molecule has 4 heteroatoms. The smallest absolute Gasteiger partial charge is 0.170 e. The first-order chi connectivity index (χ1) is 9.08.